The van der Waals surface area contributed by atoms with Crippen LogP contribution < -0.4 is 5.73 Å². The van der Waals surface area contributed by atoms with E-state index in [4.69, 9.17) is 5.73 Å². The molecule has 2 heteroatoms. The van der Waals surface area contributed by atoms with Crippen molar-refractivity contribution in [2.45, 2.75) is 78.3 Å². The molecule has 1 saturated heterocycles. The van der Waals surface area contributed by atoms with Crippen LogP contribution in [0.15, 0.2) is 0 Å². The van der Waals surface area contributed by atoms with E-state index in [1.165, 1.54) is 38.6 Å². The van der Waals surface area contributed by atoms with Crippen LogP contribution in [0.3, 0.4) is 0 Å². The second kappa shape index (κ2) is 5.71. The monoisotopic (exact) mass is 240 g/mol. The maximum absolute atomic E-state index is 6.32. The molecule has 0 aromatic heterocycles. The molecule has 1 unspecified atom stereocenters. The first kappa shape index (κ1) is 15.0. The van der Waals surface area contributed by atoms with Gasteiger partial charge in [-0.05, 0) is 45.1 Å². The molecule has 1 atom stereocenters. The molecule has 1 fully saturated rings. The van der Waals surface area contributed by atoms with Crippen molar-refractivity contribution >= 4 is 0 Å². The molecule has 1 heterocycles. The fraction of sp³-hybridized carbons (Fsp3) is 1.00. The second-order valence-electron chi connectivity index (χ2n) is 7.01. The highest BCUT2D eigenvalue weighted by Gasteiger charge is 2.36. The third-order valence-corrected chi connectivity index (χ3v) is 4.71. The van der Waals surface area contributed by atoms with Crippen LogP contribution in [0.2, 0.25) is 0 Å². The minimum Gasteiger partial charge on any atom is -0.325 e. The minimum atomic E-state index is -0.110. The third kappa shape index (κ3) is 3.96. The summed E-state index contributed by atoms with van der Waals surface area (Å²) in [6.07, 6.45) is 6.80. The maximum atomic E-state index is 6.32. The van der Waals surface area contributed by atoms with Gasteiger partial charge in [-0.1, -0.05) is 33.6 Å². The predicted molar refractivity (Wildman–Crippen MR) is 76.2 cm³/mol. The minimum absolute atomic E-state index is 0.110. The zero-order chi connectivity index (χ0) is 13.1. The van der Waals surface area contributed by atoms with Crippen LogP contribution in [0.4, 0.5) is 0 Å². The van der Waals surface area contributed by atoms with E-state index in [2.05, 4.69) is 39.5 Å². The van der Waals surface area contributed by atoms with Gasteiger partial charge in [-0.15, -0.1) is 0 Å². The Bertz CT molecular complexity index is 226. The lowest BCUT2D eigenvalue weighted by molar-refractivity contribution is 0.0577. The molecule has 0 amide bonds. The standard InChI is InChI=1S/C15H32N2/c1-6-9-13-10-7-8-11-17(13)12-14(2,3)15(4,5)16/h13H,6-12,16H2,1-5H3. The van der Waals surface area contributed by atoms with Gasteiger partial charge in [0.25, 0.3) is 0 Å². The van der Waals surface area contributed by atoms with E-state index in [1.807, 2.05) is 0 Å². The van der Waals surface area contributed by atoms with Gasteiger partial charge < -0.3 is 5.73 Å². The van der Waals surface area contributed by atoms with Crippen LogP contribution in [-0.2, 0) is 0 Å². The summed E-state index contributed by atoms with van der Waals surface area (Å²) >= 11 is 0. The van der Waals surface area contributed by atoms with Crippen LogP contribution in [-0.4, -0.2) is 29.6 Å². The molecule has 0 bridgehead atoms. The first-order valence-corrected chi connectivity index (χ1v) is 7.31. The van der Waals surface area contributed by atoms with E-state index >= 15 is 0 Å². The zero-order valence-corrected chi connectivity index (χ0v) is 12.6. The van der Waals surface area contributed by atoms with Crippen LogP contribution in [0.5, 0.6) is 0 Å². The summed E-state index contributed by atoms with van der Waals surface area (Å²) in [7, 11) is 0. The molecule has 0 saturated carbocycles. The third-order valence-electron chi connectivity index (χ3n) is 4.71. The number of nitrogens with two attached hydrogens (primary N) is 1. The highest BCUT2D eigenvalue weighted by Crippen LogP contribution is 2.32. The van der Waals surface area contributed by atoms with Crippen molar-refractivity contribution in [2.75, 3.05) is 13.1 Å². The highest BCUT2D eigenvalue weighted by molar-refractivity contribution is 4.94. The molecule has 1 rings (SSSR count). The molecule has 102 valence electrons. The zero-order valence-electron chi connectivity index (χ0n) is 12.6. The highest BCUT2D eigenvalue weighted by atomic mass is 15.2. The number of nitrogens with zero attached hydrogens (tertiary/aromatic N) is 1. The molecule has 0 aromatic carbocycles. The van der Waals surface area contributed by atoms with Gasteiger partial charge in [0.2, 0.25) is 0 Å². The molecular formula is C15H32N2. The van der Waals surface area contributed by atoms with Crippen molar-refractivity contribution < 1.29 is 0 Å². The average molecular weight is 240 g/mol. The molecule has 0 aliphatic carbocycles. The van der Waals surface area contributed by atoms with Crippen molar-refractivity contribution in [3.8, 4) is 0 Å². The topological polar surface area (TPSA) is 29.3 Å². The molecule has 17 heavy (non-hydrogen) atoms. The molecule has 2 nitrogen and oxygen atoms in total. The van der Waals surface area contributed by atoms with Gasteiger partial charge in [0, 0.05) is 18.1 Å². The van der Waals surface area contributed by atoms with E-state index in [9.17, 15) is 0 Å². The van der Waals surface area contributed by atoms with E-state index in [-0.39, 0.29) is 11.0 Å². The lowest BCUT2D eigenvalue weighted by Crippen LogP contribution is -2.55. The predicted octanol–water partition coefficient (Wildman–Crippen LogP) is 3.40. The van der Waals surface area contributed by atoms with Crippen LogP contribution in [0.25, 0.3) is 0 Å². The smallest absolute Gasteiger partial charge is 0.0161 e. The quantitative estimate of drug-likeness (QED) is 0.798. The summed E-state index contributed by atoms with van der Waals surface area (Å²) in [5, 5.41) is 0. The Balaban J connectivity index is 2.64. The summed E-state index contributed by atoms with van der Waals surface area (Å²) in [6.45, 7) is 13.6. The van der Waals surface area contributed by atoms with Crippen molar-refractivity contribution in [3.63, 3.8) is 0 Å². The Morgan fingerprint density at radius 3 is 2.35 bits per heavy atom. The lowest BCUT2D eigenvalue weighted by Gasteiger charge is -2.46. The van der Waals surface area contributed by atoms with Gasteiger partial charge in [0.1, 0.15) is 0 Å². The molecule has 0 spiro atoms. The first-order valence-electron chi connectivity index (χ1n) is 7.31. The fourth-order valence-electron chi connectivity index (χ4n) is 2.64. The normalized spacial score (nSPS) is 24.0. The van der Waals surface area contributed by atoms with Crippen LogP contribution in [0, 0.1) is 5.41 Å². The van der Waals surface area contributed by atoms with E-state index in [0.717, 1.165) is 12.6 Å². The fourth-order valence-corrected chi connectivity index (χ4v) is 2.64. The van der Waals surface area contributed by atoms with Gasteiger partial charge in [-0.25, -0.2) is 0 Å². The van der Waals surface area contributed by atoms with Crippen LogP contribution in [0.1, 0.15) is 66.7 Å². The average Bonchev–Trinajstić information content (AvgIpc) is 2.19. The van der Waals surface area contributed by atoms with Gasteiger partial charge >= 0.3 is 0 Å². The van der Waals surface area contributed by atoms with E-state index in [0.29, 0.717) is 0 Å². The molecule has 0 radical (unpaired) electrons. The summed E-state index contributed by atoms with van der Waals surface area (Å²) in [6, 6.07) is 0.801. The number of hydrogen-bond acceptors (Lipinski definition) is 2. The Morgan fingerprint density at radius 2 is 1.82 bits per heavy atom. The SMILES string of the molecule is CCCC1CCCCN1CC(C)(C)C(C)(C)N. The number of likely N-dealkylation sites (tertiary alicyclic amines) is 1. The molecule has 2 N–H and O–H groups in total. The first-order chi connectivity index (χ1) is 7.78. The summed E-state index contributed by atoms with van der Waals surface area (Å²) < 4.78 is 0. The van der Waals surface area contributed by atoms with Crippen molar-refractivity contribution in [1.82, 2.24) is 4.90 Å². The van der Waals surface area contributed by atoms with Gasteiger partial charge in [0.05, 0.1) is 0 Å². The maximum Gasteiger partial charge on any atom is 0.0161 e. The number of hydrogen-bond donors (Lipinski definition) is 1. The van der Waals surface area contributed by atoms with Gasteiger partial charge in [-0.3, -0.25) is 4.90 Å². The van der Waals surface area contributed by atoms with Gasteiger partial charge in [-0.2, -0.15) is 0 Å². The summed E-state index contributed by atoms with van der Waals surface area (Å²) in [5.74, 6) is 0. The Hall–Kier alpha value is -0.0800. The Morgan fingerprint density at radius 1 is 1.18 bits per heavy atom. The molecule has 1 aliphatic rings. The van der Waals surface area contributed by atoms with Crippen LogP contribution >= 0.6 is 0 Å². The number of rotatable bonds is 5. The molecular weight excluding hydrogens is 208 g/mol. The van der Waals surface area contributed by atoms with E-state index in [1.54, 1.807) is 0 Å². The van der Waals surface area contributed by atoms with Crippen molar-refractivity contribution in [1.29, 1.82) is 0 Å². The Kier molecular flexibility index (Phi) is 5.03. The van der Waals surface area contributed by atoms with Crippen molar-refractivity contribution in [2.24, 2.45) is 11.1 Å². The summed E-state index contributed by atoms with van der Waals surface area (Å²) in [4.78, 5) is 2.70. The lowest BCUT2D eigenvalue weighted by atomic mass is 9.74. The summed E-state index contributed by atoms with van der Waals surface area (Å²) in [5.41, 5.74) is 6.39. The largest absolute Gasteiger partial charge is 0.325 e. The van der Waals surface area contributed by atoms with Gasteiger partial charge in [0.15, 0.2) is 0 Å². The second-order valence-corrected chi connectivity index (χ2v) is 7.01. The Labute approximate surface area is 108 Å². The number of piperidine rings is 1. The molecule has 1 aliphatic heterocycles. The van der Waals surface area contributed by atoms with E-state index < -0.39 is 0 Å². The van der Waals surface area contributed by atoms with Crippen molar-refractivity contribution in [3.05, 3.63) is 0 Å². The molecule has 0 aromatic rings.